The van der Waals surface area contributed by atoms with Crippen LogP contribution in [0.1, 0.15) is 40.2 Å². The number of H-pyrrole nitrogens is 1. The Morgan fingerprint density at radius 1 is 1.19 bits per heavy atom. The van der Waals surface area contributed by atoms with Crippen LogP contribution in [-0.2, 0) is 0 Å². The molecule has 1 aliphatic rings. The quantitative estimate of drug-likeness (QED) is 0.764. The first-order valence-electron chi connectivity index (χ1n) is 9.17. The Kier molecular flexibility index (Phi) is 4.57. The number of imidazole rings is 1. The lowest BCUT2D eigenvalue weighted by Crippen LogP contribution is -2.39. The van der Waals surface area contributed by atoms with Gasteiger partial charge in [-0.2, -0.15) is 0 Å². The van der Waals surface area contributed by atoms with Gasteiger partial charge < -0.3 is 9.88 Å². The molecule has 0 aliphatic carbocycles. The molecule has 0 bridgehead atoms. The van der Waals surface area contributed by atoms with E-state index in [2.05, 4.69) is 41.2 Å². The molecule has 2 heterocycles. The maximum Gasteiger partial charge on any atom is 0.254 e. The molecule has 2 aromatic carbocycles. The molecule has 0 saturated carbocycles. The average molecular weight is 345 g/mol. The van der Waals surface area contributed by atoms with Gasteiger partial charge in [0.15, 0.2) is 0 Å². The molecule has 1 aliphatic heterocycles. The second kappa shape index (κ2) is 7.16. The monoisotopic (exact) mass is 345 g/mol. The number of benzene rings is 2. The zero-order valence-electron chi connectivity index (χ0n) is 15.0. The van der Waals surface area contributed by atoms with E-state index in [1.807, 2.05) is 29.2 Å². The van der Waals surface area contributed by atoms with Gasteiger partial charge >= 0.3 is 0 Å². The van der Waals surface area contributed by atoms with Crippen molar-refractivity contribution < 1.29 is 4.79 Å². The third-order valence-corrected chi connectivity index (χ3v) is 5.13. The number of likely N-dealkylation sites (tertiary alicyclic amines) is 1. The molecule has 0 radical (unpaired) electrons. The number of aromatic amines is 1. The topological polar surface area (TPSA) is 49.0 Å². The summed E-state index contributed by atoms with van der Waals surface area (Å²) in [5.41, 5.74) is 4.18. The SMILES string of the molecule is Cc1cccc([C@@H]2CCCN(C(=O)c3ccccc3-c3ncc[nH]3)C2)c1. The molecule has 4 rings (SSSR count). The van der Waals surface area contributed by atoms with Gasteiger partial charge in [-0.1, -0.05) is 48.0 Å². The zero-order valence-corrected chi connectivity index (χ0v) is 15.0. The van der Waals surface area contributed by atoms with Gasteiger partial charge in [0.1, 0.15) is 5.82 Å². The van der Waals surface area contributed by atoms with Crippen LogP contribution in [0.4, 0.5) is 0 Å². The van der Waals surface area contributed by atoms with E-state index in [-0.39, 0.29) is 5.91 Å². The molecule has 1 saturated heterocycles. The Labute approximate surface area is 153 Å². The first-order valence-corrected chi connectivity index (χ1v) is 9.17. The summed E-state index contributed by atoms with van der Waals surface area (Å²) in [5, 5.41) is 0. The number of carbonyl (C=O) groups excluding carboxylic acids is 1. The van der Waals surface area contributed by atoms with Crippen molar-refractivity contribution in [2.24, 2.45) is 0 Å². The van der Waals surface area contributed by atoms with E-state index in [9.17, 15) is 4.79 Å². The number of amides is 1. The minimum absolute atomic E-state index is 0.0920. The Balaban J connectivity index is 1.59. The van der Waals surface area contributed by atoms with Crippen molar-refractivity contribution in [1.29, 1.82) is 0 Å². The summed E-state index contributed by atoms with van der Waals surface area (Å²) in [7, 11) is 0. The van der Waals surface area contributed by atoms with Crippen molar-refractivity contribution in [2.45, 2.75) is 25.7 Å². The molecular weight excluding hydrogens is 322 g/mol. The van der Waals surface area contributed by atoms with Gasteiger partial charge in [0, 0.05) is 37.0 Å². The van der Waals surface area contributed by atoms with Crippen LogP contribution in [0, 0.1) is 6.92 Å². The van der Waals surface area contributed by atoms with E-state index in [1.165, 1.54) is 11.1 Å². The van der Waals surface area contributed by atoms with Crippen molar-refractivity contribution >= 4 is 5.91 Å². The number of nitrogens with one attached hydrogen (secondary N) is 1. The van der Waals surface area contributed by atoms with Gasteiger partial charge in [0.05, 0.1) is 5.56 Å². The van der Waals surface area contributed by atoms with Crippen molar-refractivity contribution in [3.8, 4) is 11.4 Å². The fourth-order valence-electron chi connectivity index (χ4n) is 3.82. The van der Waals surface area contributed by atoms with Gasteiger partial charge in [0.25, 0.3) is 5.91 Å². The standard InChI is InChI=1S/C22H23N3O/c1-16-6-4-7-17(14-16)18-8-5-13-25(15-18)22(26)20-10-3-2-9-19(20)21-23-11-12-24-21/h2-4,6-7,9-12,14,18H,5,8,13,15H2,1H3,(H,23,24)/t18-/m1/s1. The Hall–Kier alpha value is -2.88. The lowest BCUT2D eigenvalue weighted by molar-refractivity contribution is 0.0708. The minimum Gasteiger partial charge on any atom is -0.345 e. The number of carbonyl (C=O) groups is 1. The fraction of sp³-hybridized carbons (Fsp3) is 0.273. The van der Waals surface area contributed by atoms with Crippen LogP contribution in [0.5, 0.6) is 0 Å². The molecule has 3 aromatic rings. The van der Waals surface area contributed by atoms with Crippen molar-refractivity contribution in [3.05, 3.63) is 77.6 Å². The van der Waals surface area contributed by atoms with Crippen LogP contribution in [-0.4, -0.2) is 33.9 Å². The van der Waals surface area contributed by atoms with Crippen LogP contribution < -0.4 is 0 Å². The number of hydrogen-bond donors (Lipinski definition) is 1. The predicted octanol–water partition coefficient (Wildman–Crippen LogP) is 4.40. The second-order valence-corrected chi connectivity index (χ2v) is 6.99. The van der Waals surface area contributed by atoms with E-state index >= 15 is 0 Å². The Morgan fingerprint density at radius 3 is 2.88 bits per heavy atom. The highest BCUT2D eigenvalue weighted by atomic mass is 16.2. The van der Waals surface area contributed by atoms with Gasteiger partial charge in [-0.25, -0.2) is 4.98 Å². The highest BCUT2D eigenvalue weighted by Gasteiger charge is 2.27. The molecule has 4 heteroatoms. The van der Waals surface area contributed by atoms with E-state index in [4.69, 9.17) is 0 Å². The fourth-order valence-corrected chi connectivity index (χ4v) is 3.82. The largest absolute Gasteiger partial charge is 0.345 e. The Bertz CT molecular complexity index is 901. The summed E-state index contributed by atoms with van der Waals surface area (Å²) >= 11 is 0. The summed E-state index contributed by atoms with van der Waals surface area (Å²) in [5.74, 6) is 1.24. The minimum atomic E-state index is 0.0920. The number of aryl methyl sites for hydroxylation is 1. The smallest absolute Gasteiger partial charge is 0.254 e. The average Bonchev–Trinajstić information content (AvgIpc) is 3.22. The molecule has 1 aromatic heterocycles. The molecule has 1 N–H and O–H groups in total. The van der Waals surface area contributed by atoms with Crippen LogP contribution in [0.15, 0.2) is 60.9 Å². The van der Waals surface area contributed by atoms with E-state index in [0.717, 1.165) is 37.3 Å². The molecule has 132 valence electrons. The van der Waals surface area contributed by atoms with Gasteiger partial charge in [0.2, 0.25) is 0 Å². The van der Waals surface area contributed by atoms with Gasteiger partial charge in [-0.15, -0.1) is 0 Å². The first kappa shape index (κ1) is 16.6. The first-order chi connectivity index (χ1) is 12.7. The molecular formula is C22H23N3O. The van der Waals surface area contributed by atoms with Crippen molar-refractivity contribution in [1.82, 2.24) is 14.9 Å². The molecule has 0 unspecified atom stereocenters. The number of piperidine rings is 1. The summed E-state index contributed by atoms with van der Waals surface area (Å²) in [4.78, 5) is 22.7. The van der Waals surface area contributed by atoms with Crippen LogP contribution >= 0.6 is 0 Å². The van der Waals surface area contributed by atoms with E-state index in [0.29, 0.717) is 11.5 Å². The Morgan fingerprint density at radius 2 is 2.08 bits per heavy atom. The second-order valence-electron chi connectivity index (χ2n) is 6.99. The maximum atomic E-state index is 13.2. The van der Waals surface area contributed by atoms with E-state index in [1.54, 1.807) is 12.4 Å². The third-order valence-electron chi connectivity index (χ3n) is 5.13. The van der Waals surface area contributed by atoms with E-state index < -0.39 is 0 Å². The number of rotatable bonds is 3. The van der Waals surface area contributed by atoms with Crippen LogP contribution in [0.25, 0.3) is 11.4 Å². The van der Waals surface area contributed by atoms with Crippen molar-refractivity contribution in [2.75, 3.05) is 13.1 Å². The number of hydrogen-bond acceptors (Lipinski definition) is 2. The zero-order chi connectivity index (χ0) is 17.9. The molecule has 26 heavy (non-hydrogen) atoms. The molecule has 1 atom stereocenters. The highest BCUT2D eigenvalue weighted by Crippen LogP contribution is 2.29. The number of nitrogens with zero attached hydrogens (tertiary/aromatic N) is 2. The molecule has 0 spiro atoms. The molecule has 4 nitrogen and oxygen atoms in total. The lowest BCUT2D eigenvalue weighted by atomic mass is 9.89. The molecule has 1 amide bonds. The van der Waals surface area contributed by atoms with Gasteiger partial charge in [-0.3, -0.25) is 4.79 Å². The third kappa shape index (κ3) is 3.27. The summed E-state index contributed by atoms with van der Waals surface area (Å²) in [6.07, 6.45) is 5.66. The number of aromatic nitrogens is 2. The normalized spacial score (nSPS) is 17.3. The summed E-state index contributed by atoms with van der Waals surface area (Å²) in [6, 6.07) is 16.4. The summed E-state index contributed by atoms with van der Waals surface area (Å²) < 4.78 is 0. The van der Waals surface area contributed by atoms with Crippen LogP contribution in [0.3, 0.4) is 0 Å². The van der Waals surface area contributed by atoms with Gasteiger partial charge in [-0.05, 0) is 31.4 Å². The van der Waals surface area contributed by atoms with Crippen LogP contribution in [0.2, 0.25) is 0 Å². The molecule has 1 fully saturated rings. The summed E-state index contributed by atoms with van der Waals surface area (Å²) in [6.45, 7) is 3.71. The van der Waals surface area contributed by atoms with Crippen molar-refractivity contribution in [3.63, 3.8) is 0 Å². The highest BCUT2D eigenvalue weighted by molar-refractivity contribution is 6.00. The maximum absolute atomic E-state index is 13.2. The predicted molar refractivity (Wildman–Crippen MR) is 103 cm³/mol. The lowest BCUT2D eigenvalue weighted by Gasteiger charge is -2.33.